The van der Waals surface area contributed by atoms with Crippen LogP contribution in [0.5, 0.6) is 5.75 Å². The molecule has 24 heavy (non-hydrogen) atoms. The maximum Gasteiger partial charge on any atom is 0.269 e. The Labute approximate surface area is 143 Å². The van der Waals surface area contributed by atoms with E-state index in [2.05, 4.69) is 10.2 Å². The van der Waals surface area contributed by atoms with Gasteiger partial charge < -0.3 is 4.74 Å². The van der Waals surface area contributed by atoms with Crippen molar-refractivity contribution < 1.29 is 14.5 Å². The lowest BCUT2D eigenvalue weighted by Gasteiger charge is -2.04. The molecule has 0 N–H and O–H groups in total. The van der Waals surface area contributed by atoms with E-state index >= 15 is 0 Å². The van der Waals surface area contributed by atoms with E-state index in [4.69, 9.17) is 16.3 Å². The molecule has 0 saturated carbocycles. The number of nitro benzene ring substituents is 1. The molecule has 124 valence electrons. The number of azo groups is 1. The normalized spacial score (nSPS) is 10.7. The Bertz CT molecular complexity index is 730. The molecule has 0 aromatic heterocycles. The van der Waals surface area contributed by atoms with Crippen molar-refractivity contribution in [3.05, 3.63) is 58.6 Å². The third kappa shape index (κ3) is 5.77. The largest absolute Gasteiger partial charge is 0.494 e. The highest BCUT2D eigenvalue weighted by molar-refractivity contribution is 6.63. The summed E-state index contributed by atoms with van der Waals surface area (Å²) in [5.41, 5.74) is 1.15. The summed E-state index contributed by atoms with van der Waals surface area (Å²) in [5, 5.41) is 18.3. The van der Waals surface area contributed by atoms with E-state index in [1.807, 2.05) is 0 Å². The molecule has 0 spiro atoms. The molecule has 0 aliphatic rings. The highest BCUT2D eigenvalue weighted by Gasteiger charge is 2.03. The van der Waals surface area contributed by atoms with Crippen molar-refractivity contribution in [1.82, 2.24) is 0 Å². The van der Waals surface area contributed by atoms with Crippen molar-refractivity contribution in [2.45, 2.75) is 12.8 Å². The number of hydrogen-bond acceptors (Lipinski definition) is 6. The van der Waals surface area contributed by atoms with Crippen LogP contribution >= 0.6 is 11.6 Å². The maximum absolute atomic E-state index is 10.6. The number of hydrogen-bond donors (Lipinski definition) is 0. The molecule has 0 fully saturated rings. The molecule has 0 heterocycles. The molecule has 7 nitrogen and oxygen atoms in total. The molecule has 0 aliphatic carbocycles. The van der Waals surface area contributed by atoms with Gasteiger partial charge in [0.25, 0.3) is 5.69 Å². The first-order valence-electron chi connectivity index (χ1n) is 7.12. The van der Waals surface area contributed by atoms with Gasteiger partial charge in [-0.15, -0.1) is 0 Å². The summed E-state index contributed by atoms with van der Waals surface area (Å²) < 4.78 is 5.46. The van der Waals surface area contributed by atoms with Crippen LogP contribution in [-0.4, -0.2) is 16.8 Å². The number of halogens is 1. The van der Waals surface area contributed by atoms with Crippen LogP contribution in [0.2, 0.25) is 0 Å². The number of benzene rings is 2. The van der Waals surface area contributed by atoms with Gasteiger partial charge in [-0.05, 0) is 54.4 Å². The average Bonchev–Trinajstić information content (AvgIpc) is 2.58. The van der Waals surface area contributed by atoms with Gasteiger partial charge in [0, 0.05) is 18.6 Å². The van der Waals surface area contributed by atoms with E-state index in [1.165, 1.54) is 24.3 Å². The molecule has 0 radical (unpaired) electrons. The SMILES string of the molecule is O=C(Cl)CCCOc1ccc(N=Nc2ccc([N+](=O)[O-])cc2)cc1. The summed E-state index contributed by atoms with van der Waals surface area (Å²) in [4.78, 5) is 20.7. The zero-order valence-electron chi connectivity index (χ0n) is 12.6. The van der Waals surface area contributed by atoms with Crippen molar-refractivity contribution in [3.63, 3.8) is 0 Å². The van der Waals surface area contributed by atoms with Gasteiger partial charge in [0.05, 0.1) is 22.9 Å². The van der Waals surface area contributed by atoms with Crippen molar-refractivity contribution in [2.75, 3.05) is 6.61 Å². The first-order chi connectivity index (χ1) is 11.5. The second kappa shape index (κ2) is 8.73. The Morgan fingerprint density at radius 2 is 1.58 bits per heavy atom. The van der Waals surface area contributed by atoms with E-state index in [-0.39, 0.29) is 17.4 Å². The van der Waals surface area contributed by atoms with Gasteiger partial charge in [0.2, 0.25) is 5.24 Å². The first kappa shape index (κ1) is 17.6. The molecule has 2 aromatic rings. The fraction of sp³-hybridized carbons (Fsp3) is 0.188. The number of non-ortho nitro benzene ring substituents is 1. The summed E-state index contributed by atoms with van der Waals surface area (Å²) in [6, 6.07) is 12.7. The summed E-state index contributed by atoms with van der Waals surface area (Å²) in [6.07, 6.45) is 0.840. The molecule has 0 aliphatic heterocycles. The van der Waals surface area contributed by atoms with Crippen LogP contribution < -0.4 is 4.74 Å². The standard InChI is InChI=1S/C16H14ClN3O4/c17-16(21)2-1-11-24-15-9-5-13(6-10-15)19-18-12-3-7-14(8-4-12)20(22)23/h3-10H,1-2,11H2. The van der Waals surface area contributed by atoms with Crippen LogP contribution in [0.25, 0.3) is 0 Å². The number of ether oxygens (including phenoxy) is 1. The Morgan fingerprint density at radius 1 is 1.04 bits per heavy atom. The van der Waals surface area contributed by atoms with Crippen molar-refractivity contribution >= 4 is 33.9 Å². The highest BCUT2D eigenvalue weighted by Crippen LogP contribution is 2.23. The summed E-state index contributed by atoms with van der Waals surface area (Å²) in [5.74, 6) is 0.659. The molecule has 0 unspecified atom stereocenters. The zero-order chi connectivity index (χ0) is 17.4. The van der Waals surface area contributed by atoms with Crippen LogP contribution in [0, 0.1) is 10.1 Å². The van der Waals surface area contributed by atoms with Crippen molar-refractivity contribution in [2.24, 2.45) is 10.2 Å². The van der Waals surface area contributed by atoms with E-state index in [9.17, 15) is 14.9 Å². The number of nitro groups is 1. The third-order valence-electron chi connectivity index (χ3n) is 2.96. The topological polar surface area (TPSA) is 94.2 Å². The van der Waals surface area contributed by atoms with Gasteiger partial charge in [-0.25, -0.2) is 0 Å². The number of carbonyl (C=O) groups excluding carboxylic acids is 1. The average molecular weight is 348 g/mol. The van der Waals surface area contributed by atoms with Crippen LogP contribution in [0.1, 0.15) is 12.8 Å². The second-order valence-corrected chi connectivity index (χ2v) is 5.20. The molecular weight excluding hydrogens is 334 g/mol. The summed E-state index contributed by atoms with van der Waals surface area (Å²) in [6.45, 7) is 0.405. The Balaban J connectivity index is 1.88. The highest BCUT2D eigenvalue weighted by atomic mass is 35.5. The lowest BCUT2D eigenvalue weighted by atomic mass is 10.3. The Kier molecular flexibility index (Phi) is 6.39. The molecule has 2 aromatic carbocycles. The molecule has 8 heteroatoms. The minimum Gasteiger partial charge on any atom is -0.494 e. The van der Waals surface area contributed by atoms with E-state index in [1.54, 1.807) is 24.3 Å². The van der Waals surface area contributed by atoms with Crippen LogP contribution in [0.15, 0.2) is 58.8 Å². The van der Waals surface area contributed by atoms with Gasteiger partial charge in [0.15, 0.2) is 0 Å². The predicted octanol–water partition coefficient (Wildman–Crippen LogP) is 4.93. The molecular formula is C16H14ClN3O4. The quantitative estimate of drug-likeness (QED) is 0.222. The zero-order valence-corrected chi connectivity index (χ0v) is 13.3. The van der Waals surface area contributed by atoms with E-state index in [0.717, 1.165) is 0 Å². The van der Waals surface area contributed by atoms with Crippen molar-refractivity contribution in [1.29, 1.82) is 0 Å². The number of carbonyl (C=O) groups is 1. The second-order valence-electron chi connectivity index (χ2n) is 4.77. The molecule has 0 amide bonds. The van der Waals surface area contributed by atoms with Gasteiger partial charge >= 0.3 is 0 Å². The van der Waals surface area contributed by atoms with Crippen LogP contribution in [0.4, 0.5) is 17.1 Å². The third-order valence-corrected chi connectivity index (χ3v) is 3.15. The van der Waals surface area contributed by atoms with E-state index in [0.29, 0.717) is 30.2 Å². The number of nitrogens with zero attached hydrogens (tertiary/aromatic N) is 3. The Hall–Kier alpha value is -2.80. The summed E-state index contributed by atoms with van der Waals surface area (Å²) in [7, 11) is 0. The summed E-state index contributed by atoms with van der Waals surface area (Å²) >= 11 is 5.24. The predicted molar refractivity (Wildman–Crippen MR) is 89.3 cm³/mol. The van der Waals surface area contributed by atoms with E-state index < -0.39 is 4.92 Å². The minimum absolute atomic E-state index is 0.00585. The molecule has 0 saturated heterocycles. The van der Waals surface area contributed by atoms with Crippen molar-refractivity contribution in [3.8, 4) is 5.75 Å². The van der Waals surface area contributed by atoms with Gasteiger partial charge in [-0.2, -0.15) is 10.2 Å². The first-order valence-corrected chi connectivity index (χ1v) is 7.50. The fourth-order valence-corrected chi connectivity index (χ4v) is 1.90. The number of rotatable bonds is 8. The van der Waals surface area contributed by atoms with Crippen LogP contribution in [-0.2, 0) is 4.79 Å². The van der Waals surface area contributed by atoms with Crippen LogP contribution in [0.3, 0.4) is 0 Å². The molecule has 0 bridgehead atoms. The fourth-order valence-electron chi connectivity index (χ4n) is 1.77. The maximum atomic E-state index is 10.6. The monoisotopic (exact) mass is 347 g/mol. The lowest BCUT2D eigenvalue weighted by Crippen LogP contribution is -1.99. The van der Waals surface area contributed by atoms with Gasteiger partial charge in [-0.1, -0.05) is 0 Å². The molecule has 2 rings (SSSR count). The smallest absolute Gasteiger partial charge is 0.269 e. The minimum atomic E-state index is -0.470. The van der Waals surface area contributed by atoms with Gasteiger partial charge in [0.1, 0.15) is 5.75 Å². The lowest BCUT2D eigenvalue weighted by molar-refractivity contribution is -0.384. The van der Waals surface area contributed by atoms with Gasteiger partial charge in [-0.3, -0.25) is 14.9 Å². The molecule has 0 atom stereocenters. The Morgan fingerprint density at radius 3 is 2.08 bits per heavy atom.